The first kappa shape index (κ1) is 23.9. The minimum absolute atomic E-state index is 0.111. The number of nitrogens with zero attached hydrogens (tertiary/aromatic N) is 2. The van der Waals surface area contributed by atoms with Crippen molar-refractivity contribution in [3.63, 3.8) is 0 Å². The molecule has 1 saturated carbocycles. The summed E-state index contributed by atoms with van der Waals surface area (Å²) in [4.78, 5) is 19.4. The fourth-order valence-corrected chi connectivity index (χ4v) is 5.33. The molecular formula is C25H31ClN4O2S. The maximum absolute atomic E-state index is 10.3. The Morgan fingerprint density at radius 3 is 2.64 bits per heavy atom. The van der Waals surface area contributed by atoms with Crippen LogP contribution in [0.1, 0.15) is 57.9 Å². The van der Waals surface area contributed by atoms with Gasteiger partial charge in [0.2, 0.25) is 5.91 Å². The van der Waals surface area contributed by atoms with E-state index in [1.54, 1.807) is 18.0 Å². The predicted octanol–water partition coefficient (Wildman–Crippen LogP) is 5.27. The molecule has 1 aliphatic carbocycles. The standard InChI is InChI=1S/C20H22ClN3OS.C5H9NO/c1-2-3-4-16-9-20(12-26-19(22)24-20)17-8-13(5-6-18(17)25-16)14-7-15(21)11-23-10-14;1-5(2-3-5)4(6)7/h5-8,10-11,16H,2-4,9,12H2,1H3,(H2,22,24);2-3H2,1H3,(H2,6,7)/t16-,20?;/m0./s1. The second-order valence-corrected chi connectivity index (χ2v) is 10.8. The summed E-state index contributed by atoms with van der Waals surface area (Å²) in [5.74, 6) is 1.65. The van der Waals surface area contributed by atoms with Crippen LogP contribution in [-0.2, 0) is 10.3 Å². The largest absolute Gasteiger partial charge is 0.490 e. The number of amides is 1. The second kappa shape index (κ2) is 9.55. The second-order valence-electron chi connectivity index (χ2n) is 9.38. The molecule has 2 aromatic rings. The van der Waals surface area contributed by atoms with Gasteiger partial charge in [-0.3, -0.25) is 14.8 Å². The monoisotopic (exact) mass is 486 g/mol. The average Bonchev–Trinajstić information content (AvgIpc) is 3.45. The molecule has 1 spiro atoms. The van der Waals surface area contributed by atoms with Crippen LogP contribution < -0.4 is 16.2 Å². The maximum Gasteiger partial charge on any atom is 0.223 e. The summed E-state index contributed by atoms with van der Waals surface area (Å²) in [6.45, 7) is 4.11. The number of hydrogen-bond acceptors (Lipinski definition) is 6. The van der Waals surface area contributed by atoms with Crippen LogP contribution in [0.5, 0.6) is 5.75 Å². The van der Waals surface area contributed by atoms with E-state index in [0.717, 1.165) is 60.3 Å². The lowest BCUT2D eigenvalue weighted by Gasteiger charge is -2.38. The number of carbonyl (C=O) groups excluding carboxylic acids is 1. The Morgan fingerprint density at radius 2 is 2.06 bits per heavy atom. The summed E-state index contributed by atoms with van der Waals surface area (Å²) < 4.78 is 6.31. The van der Waals surface area contributed by atoms with E-state index in [1.807, 2.05) is 19.2 Å². The van der Waals surface area contributed by atoms with Crippen LogP contribution in [0.2, 0.25) is 5.02 Å². The van der Waals surface area contributed by atoms with Gasteiger partial charge in [-0.1, -0.05) is 56.1 Å². The van der Waals surface area contributed by atoms with Crippen molar-refractivity contribution < 1.29 is 9.53 Å². The zero-order valence-electron chi connectivity index (χ0n) is 19.1. The Hall–Kier alpha value is -2.25. The molecule has 8 heteroatoms. The number of halogens is 1. The quantitative estimate of drug-likeness (QED) is 0.598. The molecule has 3 aliphatic rings. The van der Waals surface area contributed by atoms with Gasteiger partial charge < -0.3 is 16.2 Å². The van der Waals surface area contributed by atoms with Crippen LogP contribution in [-0.4, -0.2) is 27.9 Å². The highest BCUT2D eigenvalue weighted by atomic mass is 35.5. The zero-order valence-corrected chi connectivity index (χ0v) is 20.7. The van der Waals surface area contributed by atoms with Crippen LogP contribution in [0, 0.1) is 5.41 Å². The highest BCUT2D eigenvalue weighted by molar-refractivity contribution is 8.14. The number of aromatic nitrogens is 1. The number of amidine groups is 1. The average molecular weight is 487 g/mol. The molecule has 1 fully saturated rings. The molecule has 0 radical (unpaired) electrons. The molecule has 1 aromatic carbocycles. The Kier molecular flexibility index (Phi) is 6.91. The maximum atomic E-state index is 10.3. The smallest absolute Gasteiger partial charge is 0.223 e. The number of rotatable bonds is 5. The molecule has 2 aliphatic heterocycles. The highest BCUT2D eigenvalue weighted by Crippen LogP contribution is 2.49. The van der Waals surface area contributed by atoms with Gasteiger partial charge in [0.1, 0.15) is 17.4 Å². The molecule has 1 amide bonds. The molecule has 3 heterocycles. The molecule has 4 N–H and O–H groups in total. The normalized spacial score (nSPS) is 24.2. The lowest BCUT2D eigenvalue weighted by Crippen LogP contribution is -2.38. The van der Waals surface area contributed by atoms with Crippen LogP contribution >= 0.6 is 23.4 Å². The van der Waals surface area contributed by atoms with Gasteiger partial charge in [-0.25, -0.2) is 0 Å². The molecule has 33 heavy (non-hydrogen) atoms. The Balaban J connectivity index is 0.000000318. The summed E-state index contributed by atoms with van der Waals surface area (Å²) in [5, 5.41) is 1.30. The minimum atomic E-state index is -0.289. The van der Waals surface area contributed by atoms with Gasteiger partial charge in [-0.05, 0) is 43.0 Å². The Morgan fingerprint density at radius 1 is 1.27 bits per heavy atom. The summed E-state index contributed by atoms with van der Waals surface area (Å²) in [6.07, 6.45) is 9.90. The molecule has 1 aromatic heterocycles. The number of benzene rings is 1. The first-order valence-electron chi connectivity index (χ1n) is 11.4. The summed E-state index contributed by atoms with van der Waals surface area (Å²) in [5.41, 5.74) is 13.8. The van der Waals surface area contributed by atoms with Gasteiger partial charge in [0.15, 0.2) is 5.17 Å². The van der Waals surface area contributed by atoms with E-state index in [1.165, 1.54) is 6.42 Å². The molecule has 5 rings (SSSR count). The number of pyridine rings is 1. The van der Waals surface area contributed by atoms with E-state index in [9.17, 15) is 4.79 Å². The lowest BCUT2D eigenvalue weighted by atomic mass is 9.81. The molecule has 6 nitrogen and oxygen atoms in total. The first-order valence-corrected chi connectivity index (χ1v) is 12.8. The van der Waals surface area contributed by atoms with Gasteiger partial charge in [0.25, 0.3) is 0 Å². The molecule has 0 bridgehead atoms. The van der Waals surface area contributed by atoms with Crippen molar-refractivity contribution >= 4 is 34.4 Å². The van der Waals surface area contributed by atoms with Crippen molar-refractivity contribution in [3.8, 4) is 16.9 Å². The third-order valence-corrected chi connectivity index (χ3v) is 7.85. The van der Waals surface area contributed by atoms with Gasteiger partial charge in [-0.2, -0.15) is 0 Å². The lowest BCUT2D eigenvalue weighted by molar-refractivity contribution is -0.122. The number of fused-ring (bicyclic) bond motifs is 2. The first-order chi connectivity index (χ1) is 15.7. The van der Waals surface area contributed by atoms with Crippen molar-refractivity contribution in [2.24, 2.45) is 21.9 Å². The van der Waals surface area contributed by atoms with Gasteiger partial charge >= 0.3 is 0 Å². The fraction of sp³-hybridized carbons (Fsp3) is 0.480. The van der Waals surface area contributed by atoms with Crippen LogP contribution in [0.15, 0.2) is 41.7 Å². The number of thioether (sulfide) groups is 1. The van der Waals surface area contributed by atoms with Crippen molar-refractivity contribution in [2.75, 3.05) is 5.75 Å². The zero-order chi connectivity index (χ0) is 23.6. The number of nitrogens with two attached hydrogens (primary N) is 2. The van der Waals surface area contributed by atoms with E-state index in [4.69, 9.17) is 32.8 Å². The third-order valence-electron chi connectivity index (χ3n) is 6.64. The molecule has 0 saturated heterocycles. The number of hydrogen-bond donors (Lipinski definition) is 2. The van der Waals surface area contributed by atoms with Gasteiger partial charge in [0.05, 0.1) is 5.02 Å². The van der Waals surface area contributed by atoms with Crippen molar-refractivity contribution in [1.29, 1.82) is 0 Å². The topological polar surface area (TPSA) is 104 Å². The Labute approximate surface area is 204 Å². The van der Waals surface area contributed by atoms with Crippen LogP contribution in [0.3, 0.4) is 0 Å². The predicted molar refractivity (Wildman–Crippen MR) is 136 cm³/mol. The number of carbonyl (C=O) groups is 1. The molecule has 1 unspecified atom stereocenters. The third kappa shape index (κ3) is 5.30. The van der Waals surface area contributed by atoms with Crippen molar-refractivity contribution in [1.82, 2.24) is 4.98 Å². The molecule has 176 valence electrons. The van der Waals surface area contributed by atoms with E-state index in [-0.39, 0.29) is 23.0 Å². The number of ether oxygens (including phenoxy) is 1. The Bertz CT molecular complexity index is 1070. The van der Waals surface area contributed by atoms with Crippen molar-refractivity contribution in [2.45, 2.75) is 64.0 Å². The fourth-order valence-electron chi connectivity index (χ4n) is 4.19. The number of primary amides is 1. The molecular weight excluding hydrogens is 456 g/mol. The number of unbranched alkanes of at least 4 members (excludes halogenated alkanes) is 1. The molecule has 2 atom stereocenters. The van der Waals surface area contributed by atoms with Crippen molar-refractivity contribution in [3.05, 3.63) is 47.2 Å². The summed E-state index contributed by atoms with van der Waals surface area (Å²) in [7, 11) is 0. The van der Waals surface area contributed by atoms with E-state index >= 15 is 0 Å². The summed E-state index contributed by atoms with van der Waals surface area (Å²) in [6, 6.07) is 8.22. The van der Waals surface area contributed by atoms with E-state index in [2.05, 4.69) is 30.1 Å². The van der Waals surface area contributed by atoms with Gasteiger partial charge in [-0.15, -0.1) is 0 Å². The van der Waals surface area contributed by atoms with Gasteiger partial charge in [0, 0.05) is 41.1 Å². The minimum Gasteiger partial charge on any atom is -0.490 e. The SMILES string of the molecule is CC1(C(N)=O)CC1.CCCC[C@H]1CC2(CSC(N)=N2)c2cc(-c3cncc(Cl)c3)ccc2O1. The summed E-state index contributed by atoms with van der Waals surface area (Å²) >= 11 is 7.75. The number of aliphatic imine (C=N–C) groups is 1. The van der Waals surface area contributed by atoms with E-state index < -0.39 is 0 Å². The highest BCUT2D eigenvalue weighted by Gasteiger charge is 2.45. The van der Waals surface area contributed by atoms with E-state index in [0.29, 0.717) is 10.2 Å². The van der Waals surface area contributed by atoms with Crippen LogP contribution in [0.4, 0.5) is 0 Å². The van der Waals surface area contributed by atoms with Crippen LogP contribution in [0.25, 0.3) is 11.1 Å².